The minimum atomic E-state index is -0.362. The first-order valence-electron chi connectivity index (χ1n) is 6.46. The van der Waals surface area contributed by atoms with E-state index in [-0.39, 0.29) is 71.0 Å². The van der Waals surface area contributed by atoms with Gasteiger partial charge in [0, 0.05) is 11.4 Å². The molecule has 112 valence electrons. The van der Waals surface area contributed by atoms with Crippen LogP contribution >= 0.6 is 23.2 Å². The van der Waals surface area contributed by atoms with Crippen LogP contribution in [0.5, 0.6) is 11.5 Å². The summed E-state index contributed by atoms with van der Waals surface area (Å²) in [5.74, 6) is 0.318. The Hall–Kier alpha value is -0.0736. The van der Waals surface area contributed by atoms with Crippen molar-refractivity contribution < 1.29 is 67.1 Å². The second-order valence-electron chi connectivity index (χ2n) is 4.31. The molecule has 0 heterocycles. The van der Waals surface area contributed by atoms with Crippen LogP contribution in [0.4, 0.5) is 0 Å². The molecule has 0 aromatic heterocycles. The van der Waals surface area contributed by atoms with Crippen molar-refractivity contribution in [2.45, 2.75) is 20.0 Å². The molecule has 0 aliphatic heterocycles. The van der Waals surface area contributed by atoms with Gasteiger partial charge in [-0.15, -0.1) is 0 Å². The molecule has 0 saturated carbocycles. The van der Waals surface area contributed by atoms with Crippen LogP contribution in [0.25, 0.3) is 0 Å². The van der Waals surface area contributed by atoms with Crippen molar-refractivity contribution in [1.82, 2.24) is 0 Å². The molecule has 2 rings (SSSR count). The van der Waals surface area contributed by atoms with Gasteiger partial charge < -0.3 is 10.9 Å². The Bertz CT molecular complexity index is 636. The van der Waals surface area contributed by atoms with E-state index in [1.54, 1.807) is 37.3 Å². The Labute approximate surface area is 183 Å². The van der Waals surface area contributed by atoms with Gasteiger partial charge in [0.25, 0.3) is 0 Å². The molecule has 0 bridgehead atoms. The van der Waals surface area contributed by atoms with Crippen molar-refractivity contribution in [3.63, 3.8) is 0 Å². The van der Waals surface area contributed by atoms with Gasteiger partial charge in [-0.1, -0.05) is 48.3 Å². The quantitative estimate of drug-likeness (QED) is 0.462. The number of carbonyl (C=O) groups excluding carboxylic acids is 1. The van der Waals surface area contributed by atoms with Gasteiger partial charge in [-0.25, -0.2) is 0 Å². The Morgan fingerprint density at radius 3 is 2.45 bits per heavy atom. The maximum absolute atomic E-state index is 11.4. The molecule has 2 aromatic rings. The molecule has 0 aliphatic rings. The van der Waals surface area contributed by atoms with Gasteiger partial charge in [-0.2, -0.15) is 0 Å². The van der Waals surface area contributed by atoms with Crippen molar-refractivity contribution in [2.24, 2.45) is 0 Å². The maximum atomic E-state index is 11.4. The Morgan fingerprint density at radius 1 is 1.14 bits per heavy atom. The largest absolute Gasteiger partial charge is 1.00 e. The number of halogens is 2. The van der Waals surface area contributed by atoms with E-state index in [1.807, 2.05) is 12.1 Å². The number of benzene rings is 2. The molecule has 0 saturated heterocycles. The predicted molar refractivity (Wildman–Crippen MR) is 84.3 cm³/mol. The number of hydrogen-bond acceptors (Lipinski definition) is 3. The molecule has 2 aromatic carbocycles. The van der Waals surface area contributed by atoms with Gasteiger partial charge in [0.05, 0.1) is 5.02 Å². The summed E-state index contributed by atoms with van der Waals surface area (Å²) in [7, 11) is 0. The van der Waals surface area contributed by atoms with E-state index in [0.717, 1.165) is 5.56 Å². The molecule has 6 heteroatoms. The van der Waals surface area contributed by atoms with Crippen LogP contribution in [-0.4, -0.2) is 5.97 Å². The van der Waals surface area contributed by atoms with Crippen LogP contribution < -0.4 is 60.9 Å². The fraction of sp³-hybridized carbons (Fsp3) is 0.188. The number of carbonyl (C=O) groups is 1. The molecule has 22 heavy (non-hydrogen) atoms. The normalized spacial score (nSPS) is 9.77. The molecule has 0 radical (unpaired) electrons. The fourth-order valence-corrected chi connectivity index (χ4v) is 1.96. The summed E-state index contributed by atoms with van der Waals surface area (Å²) in [6, 6.07) is 12.4. The molecular weight excluding hydrogens is 350 g/mol. The van der Waals surface area contributed by atoms with E-state index in [2.05, 4.69) is 0 Å². The summed E-state index contributed by atoms with van der Waals surface area (Å²) in [4.78, 5) is 11.4. The summed E-state index contributed by atoms with van der Waals surface area (Å²) in [5.41, 5.74) is 0.951. The molecular formula is C16H15Cl2KO3. The zero-order chi connectivity index (χ0) is 15.2. The SMILES string of the molecule is CCC(=O)Oc1c(Cl)cccc1OCc1ccc(Cl)cc1.[H-].[K+]. The van der Waals surface area contributed by atoms with Crippen LogP contribution in [0, 0.1) is 0 Å². The third-order valence-electron chi connectivity index (χ3n) is 2.74. The molecule has 0 fully saturated rings. The van der Waals surface area contributed by atoms with Crippen LogP contribution in [0.3, 0.4) is 0 Å². The van der Waals surface area contributed by atoms with E-state index >= 15 is 0 Å². The third kappa shape index (κ3) is 5.85. The van der Waals surface area contributed by atoms with Gasteiger partial charge in [0.1, 0.15) is 6.61 Å². The Kier molecular flexibility index (Phi) is 9.01. The Morgan fingerprint density at radius 2 is 1.82 bits per heavy atom. The molecule has 0 unspecified atom stereocenters. The topological polar surface area (TPSA) is 35.5 Å². The van der Waals surface area contributed by atoms with E-state index < -0.39 is 0 Å². The van der Waals surface area contributed by atoms with Gasteiger partial charge in [-0.3, -0.25) is 4.79 Å². The standard InChI is InChI=1S/C16H14Cl2O3.K.H/c1-2-15(19)21-16-13(18)4-3-5-14(16)20-10-11-6-8-12(17)9-7-11;;/h3-9H,2,10H2,1H3;;/q;+1;-1. The van der Waals surface area contributed by atoms with Crippen molar-refractivity contribution in [2.75, 3.05) is 0 Å². The third-order valence-corrected chi connectivity index (χ3v) is 3.29. The molecule has 0 N–H and O–H groups in total. The summed E-state index contributed by atoms with van der Waals surface area (Å²) in [6.45, 7) is 2.04. The van der Waals surface area contributed by atoms with Crippen LogP contribution in [0.15, 0.2) is 42.5 Å². The number of rotatable bonds is 5. The monoisotopic (exact) mass is 364 g/mol. The van der Waals surface area contributed by atoms with Gasteiger partial charge >= 0.3 is 57.4 Å². The van der Waals surface area contributed by atoms with Crippen LogP contribution in [-0.2, 0) is 11.4 Å². The zero-order valence-corrected chi connectivity index (χ0v) is 17.1. The number of ether oxygens (including phenoxy) is 2. The first-order chi connectivity index (χ1) is 10.1. The van der Waals surface area contributed by atoms with Crippen molar-refractivity contribution >= 4 is 29.2 Å². The van der Waals surface area contributed by atoms with E-state index in [1.165, 1.54) is 0 Å². The number of esters is 1. The zero-order valence-electron chi connectivity index (χ0n) is 13.4. The molecule has 0 aliphatic carbocycles. The fourth-order valence-electron chi connectivity index (χ4n) is 1.63. The first-order valence-corrected chi connectivity index (χ1v) is 7.22. The number of para-hydroxylation sites is 1. The summed E-state index contributed by atoms with van der Waals surface area (Å²) >= 11 is 11.9. The van der Waals surface area contributed by atoms with E-state index in [9.17, 15) is 4.79 Å². The minimum Gasteiger partial charge on any atom is -1.00 e. The van der Waals surface area contributed by atoms with Gasteiger partial charge in [0.2, 0.25) is 0 Å². The van der Waals surface area contributed by atoms with Gasteiger partial charge in [0.15, 0.2) is 11.5 Å². The molecule has 0 atom stereocenters. The summed E-state index contributed by atoms with van der Waals surface area (Å²) in [6.07, 6.45) is 0.266. The molecule has 3 nitrogen and oxygen atoms in total. The van der Waals surface area contributed by atoms with E-state index in [4.69, 9.17) is 32.7 Å². The van der Waals surface area contributed by atoms with Crippen LogP contribution in [0.2, 0.25) is 10.0 Å². The summed E-state index contributed by atoms with van der Waals surface area (Å²) < 4.78 is 10.9. The summed E-state index contributed by atoms with van der Waals surface area (Å²) in [5, 5.41) is 1.00. The minimum absolute atomic E-state index is 0. The maximum Gasteiger partial charge on any atom is 1.00 e. The van der Waals surface area contributed by atoms with Gasteiger partial charge in [-0.05, 0) is 29.8 Å². The smallest absolute Gasteiger partial charge is 1.00 e. The Balaban J connectivity index is 0.00000242. The number of hydrogen-bond donors (Lipinski definition) is 0. The molecule has 0 amide bonds. The van der Waals surface area contributed by atoms with Crippen LogP contribution in [0.1, 0.15) is 20.3 Å². The van der Waals surface area contributed by atoms with Crippen molar-refractivity contribution in [3.8, 4) is 11.5 Å². The van der Waals surface area contributed by atoms with E-state index in [0.29, 0.717) is 22.4 Å². The molecule has 0 spiro atoms. The van der Waals surface area contributed by atoms with Crippen molar-refractivity contribution in [3.05, 3.63) is 58.1 Å². The average Bonchev–Trinajstić information content (AvgIpc) is 2.49. The average molecular weight is 365 g/mol. The first kappa shape index (κ1) is 20.0. The van der Waals surface area contributed by atoms with Crippen molar-refractivity contribution in [1.29, 1.82) is 0 Å². The second kappa shape index (κ2) is 9.93. The predicted octanol–water partition coefficient (Wildman–Crippen LogP) is 2.00. The second-order valence-corrected chi connectivity index (χ2v) is 5.15.